The van der Waals surface area contributed by atoms with E-state index in [0.29, 0.717) is 5.56 Å². The normalized spacial score (nSPS) is 11.5. The van der Waals surface area contributed by atoms with Crippen LogP contribution in [0.1, 0.15) is 32.1 Å². The van der Waals surface area contributed by atoms with Crippen LogP contribution in [0.5, 0.6) is 0 Å². The van der Waals surface area contributed by atoms with Gasteiger partial charge in [0.05, 0.1) is 0 Å². The number of nitrogens with two attached hydrogens (primary N) is 1. The summed E-state index contributed by atoms with van der Waals surface area (Å²) >= 11 is 0. The van der Waals surface area contributed by atoms with Crippen LogP contribution in [0.3, 0.4) is 0 Å². The maximum absolute atomic E-state index is 13.2. The molecule has 0 radical (unpaired) electrons. The highest BCUT2D eigenvalue weighted by Gasteiger charge is 2.40. The second kappa shape index (κ2) is 6.51. The van der Waals surface area contributed by atoms with E-state index in [1.165, 1.54) is 48.7 Å². The smallest absolute Gasteiger partial charge is 0.435 e. The summed E-state index contributed by atoms with van der Waals surface area (Å²) in [7, 11) is 0. The average Bonchev–Trinajstić information content (AvgIpc) is 3.00. The molecule has 0 spiro atoms. The molecule has 134 valence electrons. The van der Waals surface area contributed by atoms with Crippen molar-refractivity contribution in [3.05, 3.63) is 71.2 Å². The molecule has 26 heavy (non-hydrogen) atoms. The molecule has 2 heterocycles. The molecule has 3 rings (SSSR count). The summed E-state index contributed by atoms with van der Waals surface area (Å²) in [5, 5.41) is 0. The Morgan fingerprint density at radius 2 is 1.81 bits per heavy atom. The Kier molecular flexibility index (Phi) is 4.37. The number of halogens is 3. The number of esters is 1. The number of benzene rings is 1. The molecule has 0 unspecified atom stereocenters. The summed E-state index contributed by atoms with van der Waals surface area (Å²) in [6.07, 6.45) is -3.50. The van der Waals surface area contributed by atoms with Gasteiger partial charge in [-0.3, -0.25) is 9.20 Å². The SMILES string of the molecule is NC(=O)c1ccc(COC(=O)c2c(C(F)(F)F)nc3ccccn23)cc1. The topological polar surface area (TPSA) is 86.7 Å². The molecule has 0 aliphatic rings. The zero-order chi connectivity index (χ0) is 18.9. The van der Waals surface area contributed by atoms with Gasteiger partial charge in [0.1, 0.15) is 12.3 Å². The van der Waals surface area contributed by atoms with E-state index < -0.39 is 29.4 Å². The number of pyridine rings is 1. The molecule has 3 aromatic rings. The molecule has 0 saturated carbocycles. The van der Waals surface area contributed by atoms with Crippen molar-refractivity contribution in [3.63, 3.8) is 0 Å². The van der Waals surface area contributed by atoms with E-state index in [0.717, 1.165) is 4.40 Å². The Labute approximate surface area is 145 Å². The number of ether oxygens (including phenoxy) is 1. The molecular formula is C17H12F3N3O3. The van der Waals surface area contributed by atoms with E-state index in [2.05, 4.69) is 4.98 Å². The van der Waals surface area contributed by atoms with Crippen molar-refractivity contribution in [3.8, 4) is 0 Å². The molecule has 0 aliphatic carbocycles. The Bertz CT molecular complexity index is 978. The van der Waals surface area contributed by atoms with E-state index in [1.807, 2.05) is 0 Å². The lowest BCUT2D eigenvalue weighted by atomic mass is 10.1. The first-order chi connectivity index (χ1) is 12.3. The zero-order valence-corrected chi connectivity index (χ0v) is 13.2. The van der Waals surface area contributed by atoms with Gasteiger partial charge in [-0.15, -0.1) is 0 Å². The number of nitrogens with zero attached hydrogens (tertiary/aromatic N) is 2. The van der Waals surface area contributed by atoms with Gasteiger partial charge in [0.2, 0.25) is 5.91 Å². The Hall–Kier alpha value is -3.36. The highest BCUT2D eigenvalue weighted by atomic mass is 19.4. The van der Waals surface area contributed by atoms with Crippen molar-refractivity contribution < 1.29 is 27.5 Å². The van der Waals surface area contributed by atoms with E-state index in [1.54, 1.807) is 0 Å². The van der Waals surface area contributed by atoms with E-state index in [9.17, 15) is 22.8 Å². The minimum absolute atomic E-state index is 0.0161. The molecule has 2 aromatic heterocycles. The third-order valence-electron chi connectivity index (χ3n) is 3.60. The van der Waals surface area contributed by atoms with Crippen molar-refractivity contribution in [2.75, 3.05) is 0 Å². The van der Waals surface area contributed by atoms with Crippen LogP contribution in [0.25, 0.3) is 5.65 Å². The Balaban J connectivity index is 1.86. The van der Waals surface area contributed by atoms with Crippen LogP contribution >= 0.6 is 0 Å². The summed E-state index contributed by atoms with van der Waals surface area (Å²) in [5.74, 6) is -1.77. The van der Waals surface area contributed by atoms with Gasteiger partial charge in [0.15, 0.2) is 11.4 Å². The van der Waals surface area contributed by atoms with Gasteiger partial charge < -0.3 is 10.5 Å². The largest absolute Gasteiger partial charge is 0.456 e. The average molecular weight is 363 g/mol. The van der Waals surface area contributed by atoms with Gasteiger partial charge in [-0.1, -0.05) is 18.2 Å². The number of hydrogen-bond acceptors (Lipinski definition) is 4. The van der Waals surface area contributed by atoms with Gasteiger partial charge in [0.25, 0.3) is 0 Å². The number of fused-ring (bicyclic) bond motifs is 1. The Morgan fingerprint density at radius 3 is 2.42 bits per heavy atom. The second-order valence-electron chi connectivity index (χ2n) is 5.37. The highest BCUT2D eigenvalue weighted by Crippen LogP contribution is 2.32. The summed E-state index contributed by atoms with van der Waals surface area (Å²) in [6.45, 7) is -0.269. The van der Waals surface area contributed by atoms with Crippen molar-refractivity contribution in [2.45, 2.75) is 12.8 Å². The molecule has 9 heteroatoms. The number of imidazole rings is 1. The summed E-state index contributed by atoms with van der Waals surface area (Å²) in [5.41, 5.74) is 3.86. The number of carbonyl (C=O) groups is 2. The Morgan fingerprint density at radius 1 is 1.12 bits per heavy atom. The van der Waals surface area contributed by atoms with Crippen LogP contribution in [-0.4, -0.2) is 21.3 Å². The number of aromatic nitrogens is 2. The minimum atomic E-state index is -4.80. The van der Waals surface area contributed by atoms with Crippen molar-refractivity contribution in [1.29, 1.82) is 0 Å². The fourth-order valence-corrected chi connectivity index (χ4v) is 2.37. The molecule has 1 aromatic carbocycles. The van der Waals surface area contributed by atoms with Gasteiger partial charge in [0, 0.05) is 11.8 Å². The van der Waals surface area contributed by atoms with Gasteiger partial charge in [-0.05, 0) is 29.8 Å². The lowest BCUT2D eigenvalue weighted by Crippen LogP contribution is -2.16. The predicted molar refractivity (Wildman–Crippen MR) is 84.3 cm³/mol. The molecule has 0 atom stereocenters. The number of carbonyl (C=O) groups excluding carboxylic acids is 2. The van der Waals surface area contributed by atoms with Gasteiger partial charge >= 0.3 is 12.1 Å². The quantitative estimate of drug-likeness (QED) is 0.722. The third kappa shape index (κ3) is 3.37. The van der Waals surface area contributed by atoms with Crippen molar-refractivity contribution in [2.24, 2.45) is 5.73 Å². The minimum Gasteiger partial charge on any atom is -0.456 e. The molecule has 0 bridgehead atoms. The standard InChI is InChI=1S/C17H12F3N3O3/c18-17(19,20)14-13(23-8-2-1-3-12(23)22-14)16(25)26-9-10-4-6-11(7-5-10)15(21)24/h1-8H,9H2,(H2,21,24). The monoisotopic (exact) mass is 363 g/mol. The summed E-state index contributed by atoms with van der Waals surface area (Å²) in [6, 6.07) is 10.2. The molecule has 0 saturated heterocycles. The number of rotatable bonds is 4. The fourth-order valence-electron chi connectivity index (χ4n) is 2.37. The molecule has 0 fully saturated rings. The third-order valence-corrected chi connectivity index (χ3v) is 3.60. The van der Waals surface area contributed by atoms with Gasteiger partial charge in [-0.2, -0.15) is 13.2 Å². The van der Waals surface area contributed by atoms with Crippen LogP contribution in [0, 0.1) is 0 Å². The second-order valence-corrected chi connectivity index (χ2v) is 5.37. The first kappa shape index (κ1) is 17.5. The fraction of sp³-hybridized carbons (Fsp3) is 0.118. The zero-order valence-electron chi connectivity index (χ0n) is 13.2. The van der Waals surface area contributed by atoms with Crippen molar-refractivity contribution >= 4 is 17.5 Å². The van der Waals surface area contributed by atoms with Crippen molar-refractivity contribution in [1.82, 2.24) is 9.38 Å². The van der Waals surface area contributed by atoms with Crippen LogP contribution in [0.2, 0.25) is 0 Å². The van der Waals surface area contributed by atoms with Gasteiger partial charge in [-0.25, -0.2) is 9.78 Å². The van der Waals surface area contributed by atoms with Crippen LogP contribution in [0.15, 0.2) is 48.7 Å². The van der Waals surface area contributed by atoms with Crippen LogP contribution in [0.4, 0.5) is 13.2 Å². The number of hydrogen-bond donors (Lipinski definition) is 1. The first-order valence-electron chi connectivity index (χ1n) is 7.37. The lowest BCUT2D eigenvalue weighted by Gasteiger charge is -2.08. The molecule has 6 nitrogen and oxygen atoms in total. The van der Waals surface area contributed by atoms with E-state index in [-0.39, 0.29) is 17.8 Å². The number of amides is 1. The van der Waals surface area contributed by atoms with Crippen LogP contribution in [-0.2, 0) is 17.5 Å². The van der Waals surface area contributed by atoms with Crippen LogP contribution < -0.4 is 5.73 Å². The molecule has 2 N–H and O–H groups in total. The predicted octanol–water partition coefficient (Wildman–Crippen LogP) is 2.81. The summed E-state index contributed by atoms with van der Waals surface area (Å²) < 4.78 is 45.6. The molecule has 1 amide bonds. The molecular weight excluding hydrogens is 351 g/mol. The van der Waals surface area contributed by atoms with E-state index in [4.69, 9.17) is 10.5 Å². The van der Waals surface area contributed by atoms with E-state index >= 15 is 0 Å². The number of alkyl halides is 3. The maximum atomic E-state index is 13.2. The molecule has 0 aliphatic heterocycles. The lowest BCUT2D eigenvalue weighted by molar-refractivity contribution is -0.141. The first-order valence-corrected chi connectivity index (χ1v) is 7.37. The highest BCUT2D eigenvalue weighted by molar-refractivity contribution is 5.92. The number of primary amides is 1. The maximum Gasteiger partial charge on any atom is 0.435 e. The summed E-state index contributed by atoms with van der Waals surface area (Å²) in [4.78, 5) is 26.8.